The summed E-state index contributed by atoms with van der Waals surface area (Å²) in [5.41, 5.74) is 0. The fourth-order valence-electron chi connectivity index (χ4n) is 1.29. The zero-order valence-electron chi connectivity index (χ0n) is 7.32. The highest BCUT2D eigenvalue weighted by Gasteiger charge is 2.31. The second-order valence-electron chi connectivity index (χ2n) is 2.87. The molecule has 0 radical (unpaired) electrons. The molecule has 13 heavy (non-hydrogen) atoms. The van der Waals surface area contributed by atoms with Crippen molar-refractivity contribution in [3.8, 4) is 6.07 Å². The summed E-state index contributed by atoms with van der Waals surface area (Å²) in [6.45, 7) is 1.71. The molecule has 5 nitrogen and oxygen atoms in total. The molecular formula is C8H10N2O3. The molecule has 0 spiro atoms. The molecule has 1 heterocycles. The summed E-state index contributed by atoms with van der Waals surface area (Å²) in [4.78, 5) is 23.1. The van der Waals surface area contributed by atoms with E-state index in [1.165, 1.54) is 11.8 Å². The van der Waals surface area contributed by atoms with E-state index in [2.05, 4.69) is 0 Å². The molecule has 0 bridgehead atoms. The molecule has 1 saturated heterocycles. The monoisotopic (exact) mass is 182 g/mol. The van der Waals surface area contributed by atoms with Gasteiger partial charge >= 0.3 is 5.97 Å². The van der Waals surface area contributed by atoms with E-state index in [9.17, 15) is 9.59 Å². The van der Waals surface area contributed by atoms with Crippen LogP contribution in [0.15, 0.2) is 0 Å². The Hall–Kier alpha value is -1.57. The van der Waals surface area contributed by atoms with Gasteiger partial charge in [-0.3, -0.25) is 9.59 Å². The number of hydrogen-bond donors (Lipinski definition) is 0. The molecule has 0 aliphatic carbocycles. The van der Waals surface area contributed by atoms with Crippen LogP contribution in [0.3, 0.4) is 0 Å². The van der Waals surface area contributed by atoms with E-state index >= 15 is 0 Å². The molecular weight excluding hydrogens is 172 g/mol. The maximum Gasteiger partial charge on any atom is 0.302 e. The molecule has 0 aromatic heterocycles. The van der Waals surface area contributed by atoms with E-state index in [1.807, 2.05) is 6.07 Å². The predicted molar refractivity (Wildman–Crippen MR) is 42.4 cm³/mol. The van der Waals surface area contributed by atoms with Gasteiger partial charge in [0.2, 0.25) is 5.91 Å². The first-order chi connectivity index (χ1) is 6.13. The topological polar surface area (TPSA) is 70.4 Å². The molecule has 1 atom stereocenters. The summed E-state index contributed by atoms with van der Waals surface area (Å²) in [7, 11) is 0. The van der Waals surface area contributed by atoms with Gasteiger partial charge in [0.15, 0.2) is 0 Å². The van der Waals surface area contributed by atoms with E-state index in [0.717, 1.165) is 0 Å². The average molecular weight is 182 g/mol. The van der Waals surface area contributed by atoms with Gasteiger partial charge < -0.3 is 9.64 Å². The van der Waals surface area contributed by atoms with Crippen LogP contribution in [-0.2, 0) is 14.3 Å². The van der Waals surface area contributed by atoms with Crippen LogP contribution >= 0.6 is 0 Å². The number of carbonyl (C=O) groups excluding carboxylic acids is 2. The Bertz CT molecular complexity index is 269. The van der Waals surface area contributed by atoms with E-state index < -0.39 is 5.97 Å². The van der Waals surface area contributed by atoms with Gasteiger partial charge in [0.1, 0.15) is 12.6 Å². The molecule has 1 amide bonds. The minimum atomic E-state index is -0.392. The van der Waals surface area contributed by atoms with Crippen LogP contribution in [-0.4, -0.2) is 36.0 Å². The quantitative estimate of drug-likeness (QED) is 0.433. The molecule has 70 valence electrons. The first kappa shape index (κ1) is 9.52. The number of nitrogens with zero attached hydrogens (tertiary/aromatic N) is 2. The number of amides is 1. The van der Waals surface area contributed by atoms with Gasteiger partial charge in [-0.15, -0.1) is 0 Å². The summed E-state index contributed by atoms with van der Waals surface area (Å²) >= 11 is 0. The molecule has 0 saturated carbocycles. The van der Waals surface area contributed by atoms with Gasteiger partial charge in [-0.1, -0.05) is 0 Å². The zero-order valence-corrected chi connectivity index (χ0v) is 7.32. The summed E-state index contributed by atoms with van der Waals surface area (Å²) in [6.07, 6.45) is -0.181. The number of carbonyl (C=O) groups is 2. The third-order valence-electron chi connectivity index (χ3n) is 1.77. The van der Waals surface area contributed by atoms with E-state index in [1.54, 1.807) is 0 Å². The minimum absolute atomic E-state index is 0.0661. The van der Waals surface area contributed by atoms with Crippen molar-refractivity contribution in [2.75, 3.05) is 13.1 Å². The second kappa shape index (κ2) is 3.90. The Balaban J connectivity index is 2.46. The van der Waals surface area contributed by atoms with Crippen molar-refractivity contribution >= 4 is 11.9 Å². The number of esters is 1. The van der Waals surface area contributed by atoms with Crippen molar-refractivity contribution in [2.24, 2.45) is 0 Å². The molecule has 0 N–H and O–H groups in total. The number of ether oxygens (including phenoxy) is 1. The van der Waals surface area contributed by atoms with Gasteiger partial charge in [0.25, 0.3) is 0 Å². The predicted octanol–water partition coefficient (Wildman–Crippen LogP) is -0.326. The first-order valence-corrected chi connectivity index (χ1v) is 3.95. The summed E-state index contributed by atoms with van der Waals surface area (Å²) in [6, 6.07) is 1.88. The van der Waals surface area contributed by atoms with Crippen molar-refractivity contribution in [1.29, 1.82) is 5.26 Å². The molecule has 1 fully saturated rings. The van der Waals surface area contributed by atoms with Gasteiger partial charge in [0.05, 0.1) is 19.0 Å². The van der Waals surface area contributed by atoms with Crippen LogP contribution in [0.1, 0.15) is 13.3 Å². The minimum Gasteiger partial charge on any atom is -0.460 e. The normalized spacial score (nSPS) is 21.4. The molecule has 1 rings (SSSR count). The van der Waals surface area contributed by atoms with E-state index in [4.69, 9.17) is 10.00 Å². The largest absolute Gasteiger partial charge is 0.460 e. The van der Waals surface area contributed by atoms with Crippen LogP contribution in [0.5, 0.6) is 0 Å². The molecule has 5 heteroatoms. The highest BCUT2D eigenvalue weighted by molar-refractivity contribution is 5.80. The molecule has 1 aliphatic heterocycles. The van der Waals surface area contributed by atoms with E-state index in [-0.39, 0.29) is 25.0 Å². The lowest BCUT2D eigenvalue weighted by Gasteiger charge is -2.11. The van der Waals surface area contributed by atoms with Gasteiger partial charge in [-0.05, 0) is 0 Å². The lowest BCUT2D eigenvalue weighted by Crippen LogP contribution is -2.27. The average Bonchev–Trinajstić information content (AvgIpc) is 2.31. The summed E-state index contributed by atoms with van der Waals surface area (Å²) in [5.74, 6) is -0.524. The Labute approximate surface area is 75.9 Å². The number of likely N-dealkylation sites (tertiary alicyclic amines) is 1. The third kappa shape index (κ3) is 2.44. The Morgan fingerprint density at radius 2 is 2.54 bits per heavy atom. The second-order valence-corrected chi connectivity index (χ2v) is 2.87. The number of rotatable bonds is 2. The van der Waals surface area contributed by atoms with Crippen LogP contribution < -0.4 is 0 Å². The highest BCUT2D eigenvalue weighted by atomic mass is 16.5. The maximum atomic E-state index is 11.1. The molecule has 0 aromatic carbocycles. The fourth-order valence-corrected chi connectivity index (χ4v) is 1.29. The lowest BCUT2D eigenvalue weighted by atomic mass is 10.3. The fraction of sp³-hybridized carbons (Fsp3) is 0.625. The van der Waals surface area contributed by atoms with Crippen molar-refractivity contribution in [3.63, 3.8) is 0 Å². The number of nitriles is 1. The zero-order chi connectivity index (χ0) is 9.84. The van der Waals surface area contributed by atoms with Crippen molar-refractivity contribution in [2.45, 2.75) is 19.4 Å². The van der Waals surface area contributed by atoms with Crippen LogP contribution in [0.4, 0.5) is 0 Å². The summed E-state index contributed by atoms with van der Waals surface area (Å²) in [5, 5.41) is 8.36. The van der Waals surface area contributed by atoms with Crippen molar-refractivity contribution < 1.29 is 14.3 Å². The summed E-state index contributed by atoms with van der Waals surface area (Å²) < 4.78 is 4.85. The standard InChI is InChI=1S/C8H10N2O3/c1-6(11)13-7-4-8(12)10(5-7)3-2-9/h7H,3-5H2,1H3/t7-/m0/s1. The smallest absolute Gasteiger partial charge is 0.302 e. The Morgan fingerprint density at radius 1 is 1.85 bits per heavy atom. The maximum absolute atomic E-state index is 11.1. The van der Waals surface area contributed by atoms with E-state index in [0.29, 0.717) is 6.54 Å². The van der Waals surface area contributed by atoms with Crippen molar-refractivity contribution in [1.82, 2.24) is 4.90 Å². The first-order valence-electron chi connectivity index (χ1n) is 3.95. The van der Waals surface area contributed by atoms with Gasteiger partial charge in [-0.25, -0.2) is 0 Å². The lowest BCUT2D eigenvalue weighted by molar-refractivity contribution is -0.145. The van der Waals surface area contributed by atoms with Gasteiger partial charge in [0, 0.05) is 6.92 Å². The SMILES string of the molecule is CC(=O)O[C@H]1CC(=O)N(CC#N)C1. The van der Waals surface area contributed by atoms with Crippen LogP contribution in [0, 0.1) is 11.3 Å². The van der Waals surface area contributed by atoms with Crippen molar-refractivity contribution in [3.05, 3.63) is 0 Å². The Kier molecular flexibility index (Phi) is 2.85. The molecule has 0 unspecified atom stereocenters. The Morgan fingerprint density at radius 3 is 3.08 bits per heavy atom. The highest BCUT2D eigenvalue weighted by Crippen LogP contribution is 2.13. The number of hydrogen-bond acceptors (Lipinski definition) is 4. The van der Waals surface area contributed by atoms with Crippen LogP contribution in [0.25, 0.3) is 0 Å². The third-order valence-corrected chi connectivity index (χ3v) is 1.77. The van der Waals surface area contributed by atoms with Crippen LogP contribution in [0.2, 0.25) is 0 Å². The molecule has 1 aliphatic rings. The molecule has 0 aromatic rings. The van der Waals surface area contributed by atoms with Gasteiger partial charge in [-0.2, -0.15) is 5.26 Å².